The number of carbonyl (C=O) groups excluding carboxylic acids is 1. The summed E-state index contributed by atoms with van der Waals surface area (Å²) in [4.78, 5) is 18.7. The number of nitrogens with zero attached hydrogens (tertiary/aromatic N) is 4. The van der Waals surface area contributed by atoms with Crippen LogP contribution in [0.1, 0.15) is 6.92 Å². The van der Waals surface area contributed by atoms with Crippen molar-refractivity contribution in [3.8, 4) is 6.19 Å². The molecule has 1 aliphatic heterocycles. The molecule has 1 saturated heterocycles. The molecule has 0 atom stereocenters. The summed E-state index contributed by atoms with van der Waals surface area (Å²) in [6, 6.07) is 7.47. The predicted molar refractivity (Wildman–Crippen MR) is 73.8 cm³/mol. The molecule has 1 amide bonds. The fraction of sp³-hybridized carbons (Fsp3) is 0.308. The normalized spacial score (nSPS) is 16.6. The molecule has 0 unspecified atom stereocenters. The van der Waals surface area contributed by atoms with Crippen molar-refractivity contribution in [2.45, 2.75) is 6.92 Å². The van der Waals surface area contributed by atoms with Gasteiger partial charge in [-0.15, -0.1) is 4.99 Å². The van der Waals surface area contributed by atoms with Gasteiger partial charge in [-0.1, -0.05) is 0 Å². The van der Waals surface area contributed by atoms with Crippen LogP contribution in [0.15, 0.2) is 29.3 Å². The zero-order valence-corrected chi connectivity index (χ0v) is 10.9. The van der Waals surface area contributed by atoms with Crippen LogP contribution in [0.25, 0.3) is 0 Å². The first-order valence-electron chi connectivity index (χ1n) is 5.95. The second-order valence-corrected chi connectivity index (χ2v) is 4.31. The topological polar surface area (TPSA) is 71.7 Å². The molecule has 0 aliphatic carbocycles. The number of nitrogens with one attached hydrogen (secondary N) is 1. The van der Waals surface area contributed by atoms with Crippen molar-refractivity contribution in [2.24, 2.45) is 4.99 Å². The molecule has 0 saturated carbocycles. The van der Waals surface area contributed by atoms with Crippen LogP contribution in [-0.2, 0) is 4.79 Å². The monoisotopic (exact) mass is 257 g/mol. The molecule has 2 rings (SSSR count). The fourth-order valence-electron chi connectivity index (χ4n) is 2.02. The summed E-state index contributed by atoms with van der Waals surface area (Å²) in [5, 5.41) is 11.4. The molecule has 1 aromatic rings. The average molecular weight is 257 g/mol. The van der Waals surface area contributed by atoms with Crippen molar-refractivity contribution < 1.29 is 4.79 Å². The zero-order valence-electron chi connectivity index (χ0n) is 10.9. The number of hydrogen-bond acceptors (Lipinski definition) is 3. The molecule has 19 heavy (non-hydrogen) atoms. The number of carbonyl (C=O) groups is 1. The van der Waals surface area contributed by atoms with E-state index >= 15 is 0 Å². The Labute approximate surface area is 111 Å². The number of guanidine groups is 1. The molecule has 6 nitrogen and oxygen atoms in total. The Kier molecular flexibility index (Phi) is 3.66. The smallest absolute Gasteiger partial charge is 0.221 e. The van der Waals surface area contributed by atoms with Crippen LogP contribution in [0, 0.1) is 11.5 Å². The van der Waals surface area contributed by atoms with Gasteiger partial charge in [0.25, 0.3) is 0 Å². The standard InChI is InChI=1S/C13H15N5O/c1-10(19)16-11-3-5-12(6-4-11)18-8-7-17(2)13(18)15-9-14/h3-6H,7-8H2,1-2H3,(H,16,19). The van der Waals surface area contributed by atoms with Crippen LogP contribution in [0.3, 0.4) is 0 Å². The van der Waals surface area contributed by atoms with Gasteiger partial charge in [0.2, 0.25) is 18.1 Å². The molecule has 0 aromatic heterocycles. The highest BCUT2D eigenvalue weighted by atomic mass is 16.1. The lowest BCUT2D eigenvalue weighted by atomic mass is 10.2. The number of hydrogen-bond donors (Lipinski definition) is 1. The van der Waals surface area contributed by atoms with E-state index in [0.717, 1.165) is 24.5 Å². The van der Waals surface area contributed by atoms with Crippen LogP contribution in [0.4, 0.5) is 11.4 Å². The predicted octanol–water partition coefficient (Wildman–Crippen LogP) is 1.23. The van der Waals surface area contributed by atoms with E-state index in [-0.39, 0.29) is 5.91 Å². The quantitative estimate of drug-likeness (QED) is 0.809. The summed E-state index contributed by atoms with van der Waals surface area (Å²) >= 11 is 0. The minimum Gasteiger partial charge on any atom is -0.343 e. The van der Waals surface area contributed by atoms with Gasteiger partial charge in [0.15, 0.2) is 0 Å². The molecule has 0 radical (unpaired) electrons. The second kappa shape index (κ2) is 5.40. The van der Waals surface area contributed by atoms with Gasteiger partial charge in [0.05, 0.1) is 0 Å². The highest BCUT2D eigenvalue weighted by Crippen LogP contribution is 2.21. The summed E-state index contributed by atoms with van der Waals surface area (Å²) in [7, 11) is 1.90. The van der Waals surface area contributed by atoms with Crippen LogP contribution < -0.4 is 10.2 Å². The third-order valence-corrected chi connectivity index (χ3v) is 2.89. The first kappa shape index (κ1) is 12.9. The lowest BCUT2D eigenvalue weighted by Gasteiger charge is -2.19. The first-order chi connectivity index (χ1) is 9.11. The largest absolute Gasteiger partial charge is 0.343 e. The van der Waals surface area contributed by atoms with Crippen molar-refractivity contribution in [3.05, 3.63) is 24.3 Å². The molecule has 1 aliphatic rings. The lowest BCUT2D eigenvalue weighted by molar-refractivity contribution is -0.114. The molecule has 6 heteroatoms. The van der Waals surface area contributed by atoms with Gasteiger partial charge in [-0.2, -0.15) is 5.26 Å². The van der Waals surface area contributed by atoms with Gasteiger partial charge in [-0.25, -0.2) is 0 Å². The highest BCUT2D eigenvalue weighted by molar-refractivity contribution is 5.98. The van der Waals surface area contributed by atoms with Gasteiger partial charge >= 0.3 is 0 Å². The number of nitriles is 1. The fourth-order valence-corrected chi connectivity index (χ4v) is 2.02. The van der Waals surface area contributed by atoms with Crippen molar-refractivity contribution >= 4 is 23.2 Å². The molecule has 1 fully saturated rings. The van der Waals surface area contributed by atoms with Gasteiger partial charge in [-0.3, -0.25) is 4.79 Å². The number of amides is 1. The van der Waals surface area contributed by atoms with E-state index in [1.807, 2.05) is 47.3 Å². The summed E-state index contributed by atoms with van der Waals surface area (Å²) in [5.74, 6) is 0.551. The van der Waals surface area contributed by atoms with Crippen LogP contribution in [-0.4, -0.2) is 36.9 Å². The third-order valence-electron chi connectivity index (χ3n) is 2.89. The van der Waals surface area contributed by atoms with E-state index in [1.165, 1.54) is 6.92 Å². The molecule has 0 spiro atoms. The maximum absolute atomic E-state index is 11.0. The highest BCUT2D eigenvalue weighted by Gasteiger charge is 2.24. The van der Waals surface area contributed by atoms with Crippen LogP contribution in [0.2, 0.25) is 0 Å². The van der Waals surface area contributed by atoms with Crippen molar-refractivity contribution in [2.75, 3.05) is 30.4 Å². The SMILES string of the molecule is CC(=O)Nc1ccc(N2CCN(C)C2=NC#N)cc1. The molecule has 0 bridgehead atoms. The van der Waals surface area contributed by atoms with E-state index in [9.17, 15) is 4.79 Å². The number of anilines is 2. The van der Waals surface area contributed by atoms with Gasteiger partial charge < -0.3 is 15.1 Å². The second-order valence-electron chi connectivity index (χ2n) is 4.31. The maximum atomic E-state index is 11.0. The Hall–Kier alpha value is -2.55. The number of benzene rings is 1. The minimum atomic E-state index is -0.0969. The summed E-state index contributed by atoms with van der Waals surface area (Å²) in [6.07, 6.45) is 1.82. The molecule has 98 valence electrons. The Morgan fingerprint density at radius 2 is 2.05 bits per heavy atom. The van der Waals surface area contributed by atoms with E-state index < -0.39 is 0 Å². The van der Waals surface area contributed by atoms with E-state index in [1.54, 1.807) is 0 Å². The molecular formula is C13H15N5O. The Balaban J connectivity index is 2.21. The molecule has 1 aromatic carbocycles. The van der Waals surface area contributed by atoms with Crippen LogP contribution >= 0.6 is 0 Å². The Morgan fingerprint density at radius 3 is 2.63 bits per heavy atom. The molecule has 1 heterocycles. The van der Waals surface area contributed by atoms with Crippen molar-refractivity contribution in [3.63, 3.8) is 0 Å². The van der Waals surface area contributed by atoms with E-state index in [2.05, 4.69) is 10.3 Å². The van der Waals surface area contributed by atoms with Gasteiger partial charge in [0, 0.05) is 38.4 Å². The minimum absolute atomic E-state index is 0.0969. The number of likely N-dealkylation sites (N-methyl/N-ethyl adjacent to an activating group) is 1. The lowest BCUT2D eigenvalue weighted by Crippen LogP contribution is -2.31. The summed E-state index contributed by atoms with van der Waals surface area (Å²) < 4.78 is 0. The number of rotatable bonds is 2. The maximum Gasteiger partial charge on any atom is 0.221 e. The van der Waals surface area contributed by atoms with E-state index in [4.69, 9.17) is 5.26 Å². The molecule has 1 N–H and O–H groups in total. The van der Waals surface area contributed by atoms with Gasteiger partial charge in [-0.05, 0) is 24.3 Å². The number of aliphatic imine (C=N–C) groups is 1. The summed E-state index contributed by atoms with van der Waals surface area (Å²) in [5.41, 5.74) is 1.70. The van der Waals surface area contributed by atoms with Crippen molar-refractivity contribution in [1.29, 1.82) is 5.26 Å². The van der Waals surface area contributed by atoms with Crippen LogP contribution in [0.5, 0.6) is 0 Å². The zero-order chi connectivity index (χ0) is 13.8. The van der Waals surface area contributed by atoms with E-state index in [0.29, 0.717) is 5.96 Å². The Bertz CT molecular complexity index is 543. The average Bonchev–Trinajstić information content (AvgIpc) is 2.72. The third kappa shape index (κ3) is 2.83. The summed E-state index contributed by atoms with van der Waals surface area (Å²) in [6.45, 7) is 3.09. The molecular weight excluding hydrogens is 242 g/mol. The van der Waals surface area contributed by atoms with Crippen molar-refractivity contribution in [1.82, 2.24) is 4.90 Å². The Morgan fingerprint density at radius 1 is 1.37 bits per heavy atom. The van der Waals surface area contributed by atoms with Gasteiger partial charge in [0.1, 0.15) is 0 Å². The first-order valence-corrected chi connectivity index (χ1v) is 5.95.